The topological polar surface area (TPSA) is 0 Å². The van der Waals surface area contributed by atoms with E-state index in [9.17, 15) is 0 Å². The van der Waals surface area contributed by atoms with Gasteiger partial charge in [-0.15, -0.1) is 23.2 Å². The molecule has 2 aromatic carbocycles. The zero-order valence-corrected chi connectivity index (χ0v) is 12.3. The number of hydrogen-bond donors (Lipinski definition) is 0. The van der Waals surface area contributed by atoms with Crippen molar-refractivity contribution in [2.24, 2.45) is 0 Å². The molecule has 18 heavy (non-hydrogen) atoms. The molecule has 0 aromatic heterocycles. The Morgan fingerprint density at radius 3 is 1.94 bits per heavy atom. The zero-order chi connectivity index (χ0) is 13.1. The maximum Gasteiger partial charge on any atom is 0.118 e. The summed E-state index contributed by atoms with van der Waals surface area (Å²) in [5.74, 6) is -0.121. The predicted octanol–water partition coefficient (Wildman–Crippen LogP) is 5.93. The average molecular weight is 320 g/mol. The van der Waals surface area contributed by atoms with Crippen LogP contribution in [-0.2, 0) is 0 Å². The zero-order valence-electron chi connectivity index (χ0n) is 9.29. The van der Waals surface area contributed by atoms with Gasteiger partial charge in [0.15, 0.2) is 0 Å². The number of halogens is 4. The van der Waals surface area contributed by atoms with Crippen molar-refractivity contribution in [3.8, 4) is 0 Å². The summed E-state index contributed by atoms with van der Waals surface area (Å²) >= 11 is 24.1. The van der Waals surface area contributed by atoms with Crippen molar-refractivity contribution in [2.75, 3.05) is 0 Å². The third-order valence-corrected chi connectivity index (χ3v) is 3.68. The quantitative estimate of drug-likeness (QED) is 0.615. The predicted molar refractivity (Wildman–Crippen MR) is 80.2 cm³/mol. The molecule has 94 valence electrons. The van der Waals surface area contributed by atoms with E-state index in [1.807, 2.05) is 48.5 Å². The van der Waals surface area contributed by atoms with E-state index in [0.717, 1.165) is 11.1 Å². The lowest BCUT2D eigenvalue weighted by Crippen LogP contribution is -2.09. The highest BCUT2D eigenvalue weighted by Crippen LogP contribution is 2.34. The molecule has 0 aliphatic rings. The van der Waals surface area contributed by atoms with E-state index >= 15 is 0 Å². The van der Waals surface area contributed by atoms with E-state index in [1.54, 1.807) is 0 Å². The van der Waals surface area contributed by atoms with Gasteiger partial charge in [-0.3, -0.25) is 0 Å². The molecule has 0 bridgehead atoms. The minimum absolute atomic E-state index is 0.121. The molecule has 0 saturated carbocycles. The fourth-order valence-corrected chi connectivity index (χ4v) is 2.76. The maximum atomic E-state index is 6.09. The van der Waals surface area contributed by atoms with Crippen LogP contribution in [0.1, 0.15) is 17.0 Å². The van der Waals surface area contributed by atoms with Crippen molar-refractivity contribution in [1.82, 2.24) is 0 Å². The van der Waals surface area contributed by atoms with E-state index in [1.165, 1.54) is 0 Å². The van der Waals surface area contributed by atoms with Gasteiger partial charge in [0.25, 0.3) is 0 Å². The Morgan fingerprint density at radius 1 is 0.722 bits per heavy atom. The van der Waals surface area contributed by atoms with Crippen LogP contribution in [0.4, 0.5) is 0 Å². The summed E-state index contributed by atoms with van der Waals surface area (Å²) in [5, 5.41) is 1.35. The minimum atomic E-state index is -0.551. The highest BCUT2D eigenvalue weighted by atomic mass is 35.5. The van der Waals surface area contributed by atoms with Crippen LogP contribution < -0.4 is 0 Å². The molecule has 0 unspecified atom stereocenters. The van der Waals surface area contributed by atoms with E-state index in [2.05, 4.69) is 0 Å². The summed E-state index contributed by atoms with van der Waals surface area (Å²) in [6, 6.07) is 15.0. The van der Waals surface area contributed by atoms with E-state index in [-0.39, 0.29) is 5.92 Å². The molecule has 2 rings (SSSR count). The summed E-state index contributed by atoms with van der Waals surface area (Å²) < 4.78 is 0. The second-order valence-electron chi connectivity index (χ2n) is 3.92. The monoisotopic (exact) mass is 318 g/mol. The molecule has 0 aliphatic carbocycles. The van der Waals surface area contributed by atoms with E-state index < -0.39 is 4.84 Å². The Balaban J connectivity index is 2.43. The third-order valence-electron chi connectivity index (χ3n) is 2.69. The lowest BCUT2D eigenvalue weighted by atomic mass is 9.93. The second-order valence-corrected chi connectivity index (χ2v) is 5.96. The first kappa shape index (κ1) is 14.0. The van der Waals surface area contributed by atoms with E-state index in [4.69, 9.17) is 46.4 Å². The van der Waals surface area contributed by atoms with Gasteiger partial charge in [-0.05, 0) is 35.4 Å². The van der Waals surface area contributed by atoms with Gasteiger partial charge in [-0.2, -0.15) is 0 Å². The van der Waals surface area contributed by atoms with Gasteiger partial charge in [0, 0.05) is 16.0 Å². The molecular formula is C14H10Cl4. The SMILES string of the molecule is Clc1ccc([C@@H](c2cccc(Cl)c2)C(Cl)Cl)cc1. The first-order chi connectivity index (χ1) is 8.58. The summed E-state index contributed by atoms with van der Waals surface area (Å²) in [5.41, 5.74) is 2.00. The molecule has 0 radical (unpaired) electrons. The minimum Gasteiger partial charge on any atom is -0.104 e. The highest BCUT2D eigenvalue weighted by molar-refractivity contribution is 6.45. The van der Waals surface area contributed by atoms with Gasteiger partial charge in [0.05, 0.1) is 0 Å². The van der Waals surface area contributed by atoms with Gasteiger partial charge in [0.1, 0.15) is 4.84 Å². The molecular weight excluding hydrogens is 310 g/mol. The largest absolute Gasteiger partial charge is 0.118 e. The maximum absolute atomic E-state index is 6.09. The number of rotatable bonds is 3. The first-order valence-corrected chi connectivity index (χ1v) is 7.00. The molecule has 1 atom stereocenters. The van der Waals surface area contributed by atoms with Crippen molar-refractivity contribution >= 4 is 46.4 Å². The molecule has 0 aliphatic heterocycles. The fraction of sp³-hybridized carbons (Fsp3) is 0.143. The second kappa shape index (κ2) is 6.16. The molecule has 0 spiro atoms. The molecule has 0 nitrogen and oxygen atoms in total. The van der Waals surface area contributed by atoms with Gasteiger partial charge in [-0.1, -0.05) is 47.5 Å². The first-order valence-electron chi connectivity index (χ1n) is 5.37. The van der Waals surface area contributed by atoms with Gasteiger partial charge >= 0.3 is 0 Å². The summed E-state index contributed by atoms with van der Waals surface area (Å²) in [4.78, 5) is -0.551. The van der Waals surface area contributed by atoms with Gasteiger partial charge in [-0.25, -0.2) is 0 Å². The van der Waals surface area contributed by atoms with Crippen LogP contribution >= 0.6 is 46.4 Å². The molecule has 4 heteroatoms. The van der Waals surface area contributed by atoms with Crippen LogP contribution in [0.15, 0.2) is 48.5 Å². The van der Waals surface area contributed by atoms with Gasteiger partial charge < -0.3 is 0 Å². The number of alkyl halides is 2. The molecule has 0 heterocycles. The summed E-state index contributed by atoms with van der Waals surface area (Å²) in [7, 11) is 0. The van der Waals surface area contributed by atoms with Crippen molar-refractivity contribution in [3.63, 3.8) is 0 Å². The Morgan fingerprint density at radius 2 is 1.39 bits per heavy atom. The fourth-order valence-electron chi connectivity index (χ4n) is 1.85. The average Bonchev–Trinajstić information content (AvgIpc) is 2.32. The van der Waals surface area contributed by atoms with Crippen LogP contribution in [0.25, 0.3) is 0 Å². The van der Waals surface area contributed by atoms with Crippen molar-refractivity contribution in [3.05, 3.63) is 69.7 Å². The van der Waals surface area contributed by atoms with Crippen LogP contribution in [0.2, 0.25) is 10.0 Å². The Kier molecular flexibility index (Phi) is 4.80. The smallest absolute Gasteiger partial charge is 0.104 e. The standard InChI is InChI=1S/C14H10Cl4/c15-11-6-4-9(5-7-11)13(14(17)18)10-2-1-3-12(16)8-10/h1-8,13-14H/t13-/m0/s1. The Bertz CT molecular complexity index is 520. The molecule has 0 N–H and O–H groups in total. The molecule has 0 amide bonds. The van der Waals surface area contributed by atoms with Crippen molar-refractivity contribution < 1.29 is 0 Å². The molecule has 0 fully saturated rings. The number of hydrogen-bond acceptors (Lipinski definition) is 0. The molecule has 2 aromatic rings. The lowest BCUT2D eigenvalue weighted by molar-refractivity contribution is 0.887. The lowest BCUT2D eigenvalue weighted by Gasteiger charge is -2.19. The van der Waals surface area contributed by atoms with Gasteiger partial charge in [0.2, 0.25) is 0 Å². The Hall–Kier alpha value is -0.400. The van der Waals surface area contributed by atoms with Crippen LogP contribution in [0, 0.1) is 0 Å². The normalized spacial score (nSPS) is 12.7. The summed E-state index contributed by atoms with van der Waals surface area (Å²) in [6.07, 6.45) is 0. The summed E-state index contributed by atoms with van der Waals surface area (Å²) in [6.45, 7) is 0. The van der Waals surface area contributed by atoms with Crippen molar-refractivity contribution in [1.29, 1.82) is 0 Å². The van der Waals surface area contributed by atoms with Crippen LogP contribution in [0.5, 0.6) is 0 Å². The van der Waals surface area contributed by atoms with Crippen molar-refractivity contribution in [2.45, 2.75) is 10.8 Å². The highest BCUT2D eigenvalue weighted by Gasteiger charge is 2.21. The van der Waals surface area contributed by atoms with Crippen LogP contribution in [-0.4, -0.2) is 4.84 Å². The molecule has 0 saturated heterocycles. The third kappa shape index (κ3) is 3.33. The number of benzene rings is 2. The Labute approximate surface area is 126 Å². The van der Waals surface area contributed by atoms with Crippen LogP contribution in [0.3, 0.4) is 0 Å². The van der Waals surface area contributed by atoms with E-state index in [0.29, 0.717) is 10.0 Å².